The average molecular weight is 316 g/mol. The Balaban J connectivity index is 2.28. The van der Waals surface area contributed by atoms with Crippen LogP contribution in [0.4, 0.5) is 0 Å². The summed E-state index contributed by atoms with van der Waals surface area (Å²) in [5.74, 6) is 0.874. The zero-order chi connectivity index (χ0) is 13.4. The fourth-order valence-corrected chi connectivity index (χ4v) is 2.02. The number of hydrogen-bond donors (Lipinski definition) is 1. The van der Waals surface area contributed by atoms with Gasteiger partial charge in [0.2, 0.25) is 0 Å². The maximum absolute atomic E-state index is 5.66. The molecule has 0 saturated carbocycles. The first-order valence-electron chi connectivity index (χ1n) is 6.27. The van der Waals surface area contributed by atoms with Crippen molar-refractivity contribution in [2.75, 3.05) is 20.3 Å². The number of ether oxygens (including phenoxy) is 2. The van der Waals surface area contributed by atoms with Gasteiger partial charge in [0.1, 0.15) is 5.75 Å². The first-order valence-corrected chi connectivity index (χ1v) is 7.06. The van der Waals surface area contributed by atoms with Gasteiger partial charge in [-0.1, -0.05) is 29.8 Å². The number of hydrogen-bond acceptors (Lipinski definition) is 3. The van der Waals surface area contributed by atoms with Gasteiger partial charge >= 0.3 is 0 Å². The molecule has 0 aliphatic heterocycles. The Bertz CT molecular complexity index is 356. The first-order chi connectivity index (χ1) is 8.63. The highest BCUT2D eigenvalue weighted by Crippen LogP contribution is 2.23. The van der Waals surface area contributed by atoms with Crippen LogP contribution in [0.1, 0.15) is 25.8 Å². The molecule has 0 aliphatic rings. The third-order valence-electron chi connectivity index (χ3n) is 2.52. The molecule has 0 heterocycles. The molecule has 0 saturated heterocycles. The molecule has 0 amide bonds. The van der Waals surface area contributed by atoms with Crippen LogP contribution >= 0.6 is 15.9 Å². The molecule has 1 N–H and O–H groups in total. The van der Waals surface area contributed by atoms with Gasteiger partial charge in [-0.15, -0.1) is 0 Å². The molecular weight excluding hydrogens is 294 g/mol. The topological polar surface area (TPSA) is 30.5 Å². The van der Waals surface area contributed by atoms with Crippen molar-refractivity contribution in [2.24, 2.45) is 0 Å². The second-order valence-electron chi connectivity index (χ2n) is 4.47. The maximum Gasteiger partial charge on any atom is 0.124 e. The molecule has 1 aromatic rings. The Labute approximate surface area is 118 Å². The van der Waals surface area contributed by atoms with Gasteiger partial charge in [0.15, 0.2) is 0 Å². The minimum atomic E-state index is 0.537. The highest BCUT2D eigenvalue weighted by atomic mass is 79.9. The van der Waals surface area contributed by atoms with Crippen LogP contribution < -0.4 is 10.1 Å². The Morgan fingerprint density at radius 3 is 2.78 bits per heavy atom. The van der Waals surface area contributed by atoms with Crippen LogP contribution in [0.2, 0.25) is 0 Å². The predicted octanol–water partition coefficient (Wildman–Crippen LogP) is 3.36. The molecule has 0 atom stereocenters. The standard InChI is InChI=1S/C14H22BrNO2/c1-11(2)16-7-4-8-18-10-12-9-13(15)5-6-14(12)17-3/h5-6,9,11,16H,4,7-8,10H2,1-3H3. The largest absolute Gasteiger partial charge is 0.496 e. The lowest BCUT2D eigenvalue weighted by molar-refractivity contribution is 0.116. The highest BCUT2D eigenvalue weighted by Gasteiger charge is 2.03. The summed E-state index contributed by atoms with van der Waals surface area (Å²) in [6.07, 6.45) is 1.02. The molecule has 4 heteroatoms. The van der Waals surface area contributed by atoms with Crippen LogP contribution in [0, 0.1) is 0 Å². The molecule has 0 bridgehead atoms. The predicted molar refractivity (Wildman–Crippen MR) is 78.1 cm³/mol. The quantitative estimate of drug-likeness (QED) is 0.746. The van der Waals surface area contributed by atoms with Crippen molar-refractivity contribution in [3.05, 3.63) is 28.2 Å². The number of nitrogens with one attached hydrogen (secondary N) is 1. The summed E-state index contributed by atoms with van der Waals surface area (Å²) in [4.78, 5) is 0. The minimum Gasteiger partial charge on any atom is -0.496 e. The zero-order valence-corrected chi connectivity index (χ0v) is 12.9. The van der Waals surface area contributed by atoms with Gasteiger partial charge in [-0.05, 0) is 31.2 Å². The monoisotopic (exact) mass is 315 g/mol. The lowest BCUT2D eigenvalue weighted by Gasteiger charge is -2.11. The van der Waals surface area contributed by atoms with Gasteiger partial charge in [0.05, 0.1) is 13.7 Å². The number of halogens is 1. The molecule has 18 heavy (non-hydrogen) atoms. The summed E-state index contributed by atoms with van der Waals surface area (Å²) in [6.45, 7) is 6.63. The Hall–Kier alpha value is -0.580. The van der Waals surface area contributed by atoms with E-state index < -0.39 is 0 Å². The summed E-state index contributed by atoms with van der Waals surface area (Å²) in [5.41, 5.74) is 1.07. The normalized spacial score (nSPS) is 10.9. The van der Waals surface area contributed by atoms with Crippen molar-refractivity contribution in [3.63, 3.8) is 0 Å². The van der Waals surface area contributed by atoms with Gasteiger partial charge in [-0.3, -0.25) is 0 Å². The Morgan fingerprint density at radius 1 is 1.33 bits per heavy atom. The van der Waals surface area contributed by atoms with Crippen molar-refractivity contribution in [2.45, 2.75) is 32.9 Å². The number of benzene rings is 1. The molecule has 0 spiro atoms. The lowest BCUT2D eigenvalue weighted by Crippen LogP contribution is -2.24. The molecule has 102 valence electrons. The van der Waals surface area contributed by atoms with E-state index in [1.165, 1.54) is 0 Å². The van der Waals surface area contributed by atoms with Crippen LogP contribution in [0.25, 0.3) is 0 Å². The van der Waals surface area contributed by atoms with Crippen LogP contribution in [-0.2, 0) is 11.3 Å². The molecule has 0 fully saturated rings. The molecule has 3 nitrogen and oxygen atoms in total. The summed E-state index contributed by atoms with van der Waals surface area (Å²) < 4.78 is 12.0. The van der Waals surface area contributed by atoms with Crippen molar-refractivity contribution in [3.8, 4) is 5.75 Å². The fourth-order valence-electron chi connectivity index (χ4n) is 1.61. The van der Waals surface area contributed by atoms with Crippen LogP contribution in [0.3, 0.4) is 0 Å². The summed E-state index contributed by atoms with van der Waals surface area (Å²) >= 11 is 3.45. The van der Waals surface area contributed by atoms with Gasteiger partial charge in [0, 0.05) is 22.7 Å². The second kappa shape index (κ2) is 8.51. The van der Waals surface area contributed by atoms with Gasteiger partial charge in [-0.2, -0.15) is 0 Å². The molecule has 0 aliphatic carbocycles. The van der Waals surface area contributed by atoms with Crippen molar-refractivity contribution in [1.82, 2.24) is 5.32 Å². The third-order valence-corrected chi connectivity index (χ3v) is 3.01. The fraction of sp³-hybridized carbons (Fsp3) is 0.571. The van der Waals surface area contributed by atoms with Gasteiger partial charge in [0.25, 0.3) is 0 Å². The van der Waals surface area contributed by atoms with E-state index in [4.69, 9.17) is 9.47 Å². The SMILES string of the molecule is COc1ccc(Br)cc1COCCCNC(C)C. The van der Waals surface area contributed by atoms with Crippen molar-refractivity contribution >= 4 is 15.9 Å². The molecule has 1 aromatic carbocycles. The van der Waals surface area contributed by atoms with Crippen LogP contribution in [0.15, 0.2) is 22.7 Å². The smallest absolute Gasteiger partial charge is 0.124 e. The van der Waals surface area contributed by atoms with E-state index in [0.29, 0.717) is 12.6 Å². The Kier molecular flexibility index (Phi) is 7.32. The van der Waals surface area contributed by atoms with Crippen molar-refractivity contribution < 1.29 is 9.47 Å². The highest BCUT2D eigenvalue weighted by molar-refractivity contribution is 9.10. The van der Waals surface area contributed by atoms with E-state index in [1.54, 1.807) is 7.11 Å². The van der Waals surface area contributed by atoms with E-state index >= 15 is 0 Å². The van der Waals surface area contributed by atoms with Gasteiger partial charge < -0.3 is 14.8 Å². The summed E-state index contributed by atoms with van der Waals surface area (Å²) in [6, 6.07) is 6.48. The van der Waals surface area contributed by atoms with E-state index in [0.717, 1.165) is 35.4 Å². The summed E-state index contributed by atoms with van der Waals surface area (Å²) in [5, 5.41) is 3.36. The lowest BCUT2D eigenvalue weighted by atomic mass is 10.2. The number of rotatable bonds is 8. The minimum absolute atomic E-state index is 0.537. The van der Waals surface area contributed by atoms with E-state index in [-0.39, 0.29) is 0 Å². The van der Waals surface area contributed by atoms with Crippen LogP contribution in [0.5, 0.6) is 5.75 Å². The van der Waals surface area contributed by atoms with Crippen molar-refractivity contribution in [1.29, 1.82) is 0 Å². The van der Waals surface area contributed by atoms with Crippen LogP contribution in [-0.4, -0.2) is 26.3 Å². The van der Waals surface area contributed by atoms with Gasteiger partial charge in [-0.25, -0.2) is 0 Å². The first kappa shape index (κ1) is 15.5. The third kappa shape index (κ3) is 5.85. The average Bonchev–Trinajstić information content (AvgIpc) is 2.33. The summed E-state index contributed by atoms with van der Waals surface area (Å²) in [7, 11) is 1.68. The molecular formula is C14H22BrNO2. The maximum atomic E-state index is 5.66. The molecule has 0 radical (unpaired) electrons. The Morgan fingerprint density at radius 2 is 2.11 bits per heavy atom. The van der Waals surface area contributed by atoms with E-state index in [9.17, 15) is 0 Å². The van der Waals surface area contributed by atoms with E-state index in [1.807, 2.05) is 18.2 Å². The van der Waals surface area contributed by atoms with E-state index in [2.05, 4.69) is 35.1 Å². The second-order valence-corrected chi connectivity index (χ2v) is 5.39. The zero-order valence-electron chi connectivity index (χ0n) is 11.3. The molecule has 0 aromatic heterocycles. The molecule has 0 unspecified atom stereocenters. The number of methoxy groups -OCH3 is 1. The molecule has 1 rings (SSSR count).